The summed E-state index contributed by atoms with van der Waals surface area (Å²) in [7, 11) is 0. The first-order valence-corrected chi connectivity index (χ1v) is 6.67. The van der Waals surface area contributed by atoms with E-state index in [-0.39, 0.29) is 5.82 Å². The maximum absolute atomic E-state index is 12.7. The van der Waals surface area contributed by atoms with Crippen molar-refractivity contribution < 1.29 is 13.9 Å². The number of halogens is 1. The standard InChI is InChI=1S/C17H14FNO2/c18-14-3-5-15(6-4-14)20-10-11-21-16-7-8-17-13(12-16)2-1-9-19-17/h1-9,12H,10-11H2. The summed E-state index contributed by atoms with van der Waals surface area (Å²) in [5, 5.41) is 1.04. The van der Waals surface area contributed by atoms with Gasteiger partial charge in [0, 0.05) is 11.6 Å². The molecule has 0 bridgehead atoms. The normalized spacial score (nSPS) is 10.5. The Morgan fingerprint density at radius 3 is 2.38 bits per heavy atom. The van der Waals surface area contributed by atoms with E-state index in [1.165, 1.54) is 12.1 Å². The largest absolute Gasteiger partial charge is 0.490 e. The molecule has 3 aromatic rings. The molecule has 3 nitrogen and oxygen atoms in total. The van der Waals surface area contributed by atoms with Crippen molar-refractivity contribution in [3.05, 3.63) is 66.6 Å². The van der Waals surface area contributed by atoms with Gasteiger partial charge < -0.3 is 9.47 Å². The van der Waals surface area contributed by atoms with E-state index in [4.69, 9.17) is 9.47 Å². The van der Waals surface area contributed by atoms with Gasteiger partial charge in [-0.15, -0.1) is 0 Å². The van der Waals surface area contributed by atoms with Gasteiger partial charge in [0.05, 0.1) is 5.52 Å². The quantitative estimate of drug-likeness (QED) is 0.667. The molecular weight excluding hydrogens is 269 g/mol. The highest BCUT2D eigenvalue weighted by Gasteiger charge is 1.99. The van der Waals surface area contributed by atoms with Crippen LogP contribution in [-0.2, 0) is 0 Å². The Hall–Kier alpha value is -2.62. The van der Waals surface area contributed by atoms with E-state index < -0.39 is 0 Å². The van der Waals surface area contributed by atoms with Crippen LogP contribution >= 0.6 is 0 Å². The second-order valence-corrected chi connectivity index (χ2v) is 4.51. The van der Waals surface area contributed by atoms with Crippen LogP contribution in [0.4, 0.5) is 4.39 Å². The molecule has 2 aromatic carbocycles. The maximum atomic E-state index is 12.7. The van der Waals surface area contributed by atoms with Gasteiger partial charge in [0.1, 0.15) is 30.5 Å². The summed E-state index contributed by atoms with van der Waals surface area (Å²) >= 11 is 0. The van der Waals surface area contributed by atoms with E-state index in [1.807, 2.05) is 30.3 Å². The maximum Gasteiger partial charge on any atom is 0.123 e. The van der Waals surface area contributed by atoms with Crippen LogP contribution in [0.1, 0.15) is 0 Å². The number of aromatic nitrogens is 1. The van der Waals surface area contributed by atoms with Crippen LogP contribution in [-0.4, -0.2) is 18.2 Å². The molecular formula is C17H14FNO2. The van der Waals surface area contributed by atoms with Gasteiger partial charge >= 0.3 is 0 Å². The number of hydrogen-bond donors (Lipinski definition) is 0. The highest BCUT2D eigenvalue weighted by Crippen LogP contribution is 2.19. The van der Waals surface area contributed by atoms with Crippen molar-refractivity contribution in [3.8, 4) is 11.5 Å². The molecule has 0 fully saturated rings. The van der Waals surface area contributed by atoms with E-state index in [0.717, 1.165) is 16.7 Å². The number of hydrogen-bond acceptors (Lipinski definition) is 3. The first-order chi connectivity index (χ1) is 10.3. The summed E-state index contributed by atoms with van der Waals surface area (Å²) in [6, 6.07) is 15.6. The first-order valence-electron chi connectivity index (χ1n) is 6.67. The van der Waals surface area contributed by atoms with E-state index in [9.17, 15) is 4.39 Å². The van der Waals surface area contributed by atoms with Crippen molar-refractivity contribution in [1.29, 1.82) is 0 Å². The smallest absolute Gasteiger partial charge is 0.123 e. The second-order valence-electron chi connectivity index (χ2n) is 4.51. The Morgan fingerprint density at radius 1 is 0.857 bits per heavy atom. The fourth-order valence-electron chi connectivity index (χ4n) is 1.99. The first kappa shape index (κ1) is 13.4. The Bertz CT molecular complexity index is 728. The summed E-state index contributed by atoms with van der Waals surface area (Å²) in [4.78, 5) is 4.25. The van der Waals surface area contributed by atoms with Gasteiger partial charge in [0.2, 0.25) is 0 Å². The van der Waals surface area contributed by atoms with E-state index >= 15 is 0 Å². The Labute approximate surface area is 122 Å². The molecule has 0 saturated carbocycles. The van der Waals surface area contributed by atoms with Crippen molar-refractivity contribution in [2.75, 3.05) is 13.2 Å². The molecule has 0 amide bonds. The molecule has 4 heteroatoms. The molecule has 0 aliphatic rings. The number of fused-ring (bicyclic) bond motifs is 1. The minimum atomic E-state index is -0.275. The zero-order chi connectivity index (χ0) is 14.5. The molecule has 0 atom stereocenters. The lowest BCUT2D eigenvalue weighted by Crippen LogP contribution is -2.08. The van der Waals surface area contributed by atoms with Crippen molar-refractivity contribution in [2.45, 2.75) is 0 Å². The lowest BCUT2D eigenvalue weighted by molar-refractivity contribution is 0.217. The van der Waals surface area contributed by atoms with Gasteiger partial charge in [0.25, 0.3) is 0 Å². The number of benzene rings is 2. The third-order valence-electron chi connectivity index (χ3n) is 3.01. The van der Waals surface area contributed by atoms with E-state index in [1.54, 1.807) is 18.3 Å². The van der Waals surface area contributed by atoms with Gasteiger partial charge in [-0.05, 0) is 48.5 Å². The molecule has 0 N–H and O–H groups in total. The SMILES string of the molecule is Fc1ccc(OCCOc2ccc3ncccc3c2)cc1. The van der Waals surface area contributed by atoms with Gasteiger partial charge in [0.15, 0.2) is 0 Å². The van der Waals surface area contributed by atoms with Gasteiger partial charge in [-0.1, -0.05) is 6.07 Å². The van der Waals surface area contributed by atoms with Crippen molar-refractivity contribution in [3.63, 3.8) is 0 Å². The lowest BCUT2D eigenvalue weighted by atomic mass is 10.2. The molecule has 0 unspecified atom stereocenters. The molecule has 0 saturated heterocycles. The van der Waals surface area contributed by atoms with E-state index in [2.05, 4.69) is 4.98 Å². The topological polar surface area (TPSA) is 31.4 Å². The molecule has 3 rings (SSSR count). The second kappa shape index (κ2) is 6.22. The average Bonchev–Trinajstić information content (AvgIpc) is 2.53. The third-order valence-corrected chi connectivity index (χ3v) is 3.01. The third kappa shape index (κ3) is 3.48. The van der Waals surface area contributed by atoms with Crippen molar-refractivity contribution >= 4 is 10.9 Å². The van der Waals surface area contributed by atoms with Crippen LogP contribution in [0, 0.1) is 5.82 Å². The zero-order valence-electron chi connectivity index (χ0n) is 11.3. The predicted octanol–water partition coefficient (Wildman–Crippen LogP) is 3.83. The lowest BCUT2D eigenvalue weighted by Gasteiger charge is -2.09. The Kier molecular flexibility index (Phi) is 3.96. The Morgan fingerprint density at radius 2 is 1.57 bits per heavy atom. The number of nitrogens with zero attached hydrogens (tertiary/aromatic N) is 1. The van der Waals surface area contributed by atoms with Crippen LogP contribution < -0.4 is 9.47 Å². The minimum absolute atomic E-state index is 0.275. The highest BCUT2D eigenvalue weighted by molar-refractivity contribution is 5.79. The molecule has 0 aliphatic heterocycles. The van der Waals surface area contributed by atoms with Crippen LogP contribution in [0.5, 0.6) is 11.5 Å². The number of ether oxygens (including phenoxy) is 2. The van der Waals surface area contributed by atoms with Crippen LogP contribution in [0.3, 0.4) is 0 Å². The summed E-state index contributed by atoms with van der Waals surface area (Å²) in [6.07, 6.45) is 1.76. The molecule has 1 heterocycles. The Balaban J connectivity index is 1.53. The van der Waals surface area contributed by atoms with Gasteiger partial charge in [-0.3, -0.25) is 4.98 Å². The van der Waals surface area contributed by atoms with Crippen molar-refractivity contribution in [1.82, 2.24) is 4.98 Å². The zero-order valence-corrected chi connectivity index (χ0v) is 11.3. The van der Waals surface area contributed by atoms with Crippen molar-refractivity contribution in [2.24, 2.45) is 0 Å². The molecule has 106 valence electrons. The summed E-state index contributed by atoms with van der Waals surface area (Å²) in [5.74, 6) is 1.13. The predicted molar refractivity (Wildman–Crippen MR) is 79.1 cm³/mol. The number of rotatable bonds is 5. The molecule has 1 aromatic heterocycles. The van der Waals surface area contributed by atoms with Gasteiger partial charge in [-0.2, -0.15) is 0 Å². The minimum Gasteiger partial charge on any atom is -0.490 e. The number of pyridine rings is 1. The summed E-state index contributed by atoms with van der Waals surface area (Å²) in [5.41, 5.74) is 0.937. The monoisotopic (exact) mass is 283 g/mol. The molecule has 0 spiro atoms. The van der Waals surface area contributed by atoms with Crippen LogP contribution in [0.2, 0.25) is 0 Å². The fraction of sp³-hybridized carbons (Fsp3) is 0.118. The highest BCUT2D eigenvalue weighted by atomic mass is 19.1. The summed E-state index contributed by atoms with van der Waals surface area (Å²) < 4.78 is 23.8. The molecule has 0 radical (unpaired) electrons. The fourth-order valence-corrected chi connectivity index (χ4v) is 1.99. The molecule has 0 aliphatic carbocycles. The molecule has 21 heavy (non-hydrogen) atoms. The summed E-state index contributed by atoms with van der Waals surface area (Å²) in [6.45, 7) is 0.819. The van der Waals surface area contributed by atoms with Crippen LogP contribution in [0.25, 0.3) is 10.9 Å². The van der Waals surface area contributed by atoms with E-state index in [0.29, 0.717) is 19.0 Å². The average molecular weight is 283 g/mol. The van der Waals surface area contributed by atoms with Crippen LogP contribution in [0.15, 0.2) is 60.8 Å². The van der Waals surface area contributed by atoms with Gasteiger partial charge in [-0.25, -0.2) is 4.39 Å².